The Labute approximate surface area is 268 Å². The van der Waals surface area contributed by atoms with Crippen molar-refractivity contribution in [1.82, 2.24) is 9.97 Å². The van der Waals surface area contributed by atoms with Crippen LogP contribution in [0.4, 0.5) is 5.00 Å². The number of fused-ring (bicyclic) bond motifs is 1. The molecule has 2 aromatic heterocycles. The molecule has 3 aromatic carbocycles. The first-order chi connectivity index (χ1) is 22.3. The number of hydrogen-bond acceptors (Lipinski definition) is 11. The molecule has 232 valence electrons. The lowest BCUT2D eigenvalue weighted by Crippen LogP contribution is -2.20. The Bertz CT molecular complexity index is 1980. The van der Waals surface area contributed by atoms with Crippen LogP contribution in [0.5, 0.6) is 11.5 Å². The number of methoxy groups -OCH3 is 2. The van der Waals surface area contributed by atoms with Gasteiger partial charge in [-0.15, -0.1) is 11.3 Å². The Balaban J connectivity index is 1.38. The Hall–Kier alpha value is -5.80. The maximum Gasteiger partial charge on any atom is 0.348 e. The summed E-state index contributed by atoms with van der Waals surface area (Å²) in [6.07, 6.45) is 0. The minimum atomic E-state index is -0.751. The van der Waals surface area contributed by atoms with Gasteiger partial charge in [0.05, 0.1) is 54.4 Å². The fourth-order valence-electron chi connectivity index (χ4n) is 4.59. The van der Waals surface area contributed by atoms with E-state index < -0.39 is 24.5 Å². The SMILES string of the molecule is CCOC(=O)c1sc(NC(=O)COC(=O)c2ccc3nc(-c4ccc(OC)cc4)c(-c4ccc(OC)cc4)nc3c2)c(C#N)c1C. The number of esters is 2. The number of nitrogens with one attached hydrogen (secondary N) is 1. The summed E-state index contributed by atoms with van der Waals surface area (Å²) in [4.78, 5) is 47.8. The number of aromatic nitrogens is 2. The molecule has 1 amide bonds. The number of carbonyl (C=O) groups excluding carboxylic acids is 3. The van der Waals surface area contributed by atoms with Gasteiger partial charge >= 0.3 is 11.9 Å². The lowest BCUT2D eigenvalue weighted by molar-refractivity contribution is -0.119. The zero-order valence-electron chi connectivity index (χ0n) is 25.4. The molecule has 0 aliphatic carbocycles. The van der Waals surface area contributed by atoms with Crippen LogP contribution in [0.3, 0.4) is 0 Å². The van der Waals surface area contributed by atoms with Crippen LogP contribution in [0.2, 0.25) is 0 Å². The number of thiophene rings is 1. The number of amides is 1. The number of rotatable bonds is 10. The van der Waals surface area contributed by atoms with E-state index >= 15 is 0 Å². The minimum Gasteiger partial charge on any atom is -0.497 e. The quantitative estimate of drug-likeness (QED) is 0.176. The minimum absolute atomic E-state index is 0.141. The van der Waals surface area contributed by atoms with Gasteiger partial charge in [0.2, 0.25) is 0 Å². The van der Waals surface area contributed by atoms with Crippen LogP contribution in [0.1, 0.15) is 38.1 Å². The van der Waals surface area contributed by atoms with Gasteiger partial charge in [0.15, 0.2) is 6.61 Å². The zero-order chi connectivity index (χ0) is 32.8. The van der Waals surface area contributed by atoms with Gasteiger partial charge in [-0.3, -0.25) is 4.79 Å². The summed E-state index contributed by atoms with van der Waals surface area (Å²) >= 11 is 0.924. The summed E-state index contributed by atoms with van der Waals surface area (Å²) in [6, 6.07) is 21.6. The van der Waals surface area contributed by atoms with Gasteiger partial charge in [-0.2, -0.15) is 5.26 Å². The molecule has 0 saturated heterocycles. The van der Waals surface area contributed by atoms with E-state index in [0.29, 0.717) is 39.5 Å². The summed E-state index contributed by atoms with van der Waals surface area (Å²) in [5.41, 5.74) is 4.55. The lowest BCUT2D eigenvalue weighted by Gasteiger charge is -2.12. The first-order valence-corrected chi connectivity index (χ1v) is 14.9. The molecule has 5 aromatic rings. The van der Waals surface area contributed by atoms with Crippen molar-refractivity contribution < 1.29 is 33.3 Å². The fourth-order valence-corrected chi connectivity index (χ4v) is 5.65. The van der Waals surface area contributed by atoms with Gasteiger partial charge < -0.3 is 24.3 Å². The van der Waals surface area contributed by atoms with Crippen LogP contribution in [-0.4, -0.2) is 55.2 Å². The molecule has 5 rings (SSSR count). The van der Waals surface area contributed by atoms with Crippen molar-refractivity contribution in [2.75, 3.05) is 32.8 Å². The van der Waals surface area contributed by atoms with E-state index in [2.05, 4.69) is 5.32 Å². The molecule has 46 heavy (non-hydrogen) atoms. The van der Waals surface area contributed by atoms with Crippen molar-refractivity contribution in [1.29, 1.82) is 5.26 Å². The molecule has 0 aliphatic rings. The van der Waals surface area contributed by atoms with E-state index in [-0.39, 0.29) is 27.6 Å². The predicted molar refractivity (Wildman–Crippen MR) is 172 cm³/mol. The Kier molecular flexibility index (Phi) is 9.54. The molecule has 0 radical (unpaired) electrons. The van der Waals surface area contributed by atoms with Crippen LogP contribution in [-0.2, 0) is 14.3 Å². The van der Waals surface area contributed by atoms with E-state index in [4.69, 9.17) is 28.9 Å². The molecule has 1 N–H and O–H groups in total. The van der Waals surface area contributed by atoms with Crippen LogP contribution in [0.25, 0.3) is 33.5 Å². The number of anilines is 1. The van der Waals surface area contributed by atoms with Crippen molar-refractivity contribution in [3.8, 4) is 40.1 Å². The van der Waals surface area contributed by atoms with Crippen molar-refractivity contribution >= 4 is 45.2 Å². The molecule has 0 saturated carbocycles. The summed E-state index contributed by atoms with van der Waals surface area (Å²) in [5.74, 6) is -0.612. The van der Waals surface area contributed by atoms with Gasteiger partial charge in [0.1, 0.15) is 27.4 Å². The molecule has 0 spiro atoms. The topological polar surface area (TPSA) is 150 Å². The van der Waals surface area contributed by atoms with Crippen LogP contribution in [0, 0.1) is 18.3 Å². The van der Waals surface area contributed by atoms with Crippen molar-refractivity contribution in [2.24, 2.45) is 0 Å². The van der Waals surface area contributed by atoms with Gasteiger partial charge in [-0.25, -0.2) is 19.6 Å². The summed E-state index contributed by atoms with van der Waals surface area (Å²) in [6.45, 7) is 2.82. The molecule has 0 aliphatic heterocycles. The normalized spacial score (nSPS) is 10.6. The zero-order valence-corrected chi connectivity index (χ0v) is 26.2. The Morgan fingerprint density at radius 3 is 1.96 bits per heavy atom. The molecule has 0 bridgehead atoms. The average molecular weight is 637 g/mol. The highest BCUT2D eigenvalue weighted by Crippen LogP contribution is 2.34. The maximum atomic E-state index is 13.0. The number of carbonyl (C=O) groups is 3. The first-order valence-electron chi connectivity index (χ1n) is 14.0. The smallest absolute Gasteiger partial charge is 0.348 e. The second-order valence-corrected chi connectivity index (χ2v) is 10.8. The van der Waals surface area contributed by atoms with Gasteiger partial charge in [-0.1, -0.05) is 0 Å². The van der Waals surface area contributed by atoms with Gasteiger partial charge in [0.25, 0.3) is 5.91 Å². The number of nitriles is 1. The van der Waals surface area contributed by atoms with E-state index in [1.165, 1.54) is 0 Å². The number of ether oxygens (including phenoxy) is 4. The van der Waals surface area contributed by atoms with E-state index in [9.17, 15) is 19.6 Å². The molecular weight excluding hydrogens is 608 g/mol. The monoisotopic (exact) mass is 636 g/mol. The Morgan fingerprint density at radius 1 is 0.826 bits per heavy atom. The van der Waals surface area contributed by atoms with E-state index in [0.717, 1.165) is 22.5 Å². The third-order valence-electron chi connectivity index (χ3n) is 6.93. The highest BCUT2D eigenvalue weighted by Gasteiger charge is 2.23. The lowest BCUT2D eigenvalue weighted by atomic mass is 10.0. The highest BCUT2D eigenvalue weighted by atomic mass is 32.1. The molecule has 12 heteroatoms. The van der Waals surface area contributed by atoms with Gasteiger partial charge in [-0.05, 0) is 86.1 Å². The molecule has 0 fully saturated rings. The van der Waals surface area contributed by atoms with E-state index in [1.54, 1.807) is 46.3 Å². The highest BCUT2D eigenvalue weighted by molar-refractivity contribution is 7.18. The number of nitrogens with zero attached hydrogens (tertiary/aromatic N) is 3. The van der Waals surface area contributed by atoms with Crippen molar-refractivity contribution in [2.45, 2.75) is 13.8 Å². The predicted octanol–water partition coefficient (Wildman–Crippen LogP) is 6.19. The van der Waals surface area contributed by atoms with Gasteiger partial charge in [0, 0.05) is 11.1 Å². The maximum absolute atomic E-state index is 13.0. The fraction of sp³-hybridized carbons (Fsp3) is 0.176. The molecule has 2 heterocycles. The molecule has 11 nitrogen and oxygen atoms in total. The molecule has 0 unspecified atom stereocenters. The second kappa shape index (κ2) is 13.9. The summed E-state index contributed by atoms with van der Waals surface area (Å²) < 4.78 is 20.9. The standard InChI is InChI=1S/C34H28N4O7S/c1-5-44-34(41)31-19(2)25(17-35)32(46-31)38-28(39)18-45-33(40)22-10-15-26-27(16-22)37-30(21-8-13-24(43-4)14-9-21)29(36-26)20-6-11-23(42-3)12-7-20/h6-16H,5,18H2,1-4H3,(H,38,39). The van der Waals surface area contributed by atoms with E-state index in [1.807, 2.05) is 54.6 Å². The average Bonchev–Trinajstić information content (AvgIpc) is 3.40. The van der Waals surface area contributed by atoms with Crippen LogP contribution in [0.15, 0.2) is 66.7 Å². The van der Waals surface area contributed by atoms with Crippen LogP contribution >= 0.6 is 11.3 Å². The molecule has 0 atom stereocenters. The van der Waals surface area contributed by atoms with Crippen molar-refractivity contribution in [3.05, 3.63) is 88.3 Å². The second-order valence-electron chi connectivity index (χ2n) is 9.80. The third kappa shape index (κ3) is 6.64. The summed E-state index contributed by atoms with van der Waals surface area (Å²) in [5, 5.41) is 12.3. The summed E-state index contributed by atoms with van der Waals surface area (Å²) in [7, 11) is 3.19. The molecular formula is C34H28N4O7S. The third-order valence-corrected chi connectivity index (χ3v) is 8.12. The van der Waals surface area contributed by atoms with Crippen LogP contribution < -0.4 is 14.8 Å². The Morgan fingerprint density at radius 2 is 1.41 bits per heavy atom. The first kappa shape index (κ1) is 31.6. The number of benzene rings is 3. The van der Waals surface area contributed by atoms with Crippen molar-refractivity contribution in [3.63, 3.8) is 0 Å². The number of hydrogen-bond donors (Lipinski definition) is 1. The largest absolute Gasteiger partial charge is 0.497 e.